The van der Waals surface area contributed by atoms with Gasteiger partial charge in [0.25, 0.3) is 0 Å². The zero-order chi connectivity index (χ0) is 7.78. The fraction of sp³-hybridized carbons (Fsp3) is 0.750. The van der Waals surface area contributed by atoms with Gasteiger partial charge in [0, 0.05) is 0 Å². The number of hydrogen-bond donors (Lipinski definition) is 2. The van der Waals surface area contributed by atoms with Gasteiger partial charge in [0.15, 0.2) is 0 Å². The fourth-order valence-corrected chi connectivity index (χ4v) is 1.22. The molecule has 58 valence electrons. The van der Waals surface area contributed by atoms with Crippen molar-refractivity contribution in [3.63, 3.8) is 0 Å². The van der Waals surface area contributed by atoms with E-state index in [0.717, 1.165) is 0 Å². The van der Waals surface area contributed by atoms with Crippen LogP contribution in [0, 0.1) is 5.41 Å². The molecule has 0 aromatic rings. The highest BCUT2D eigenvalue weighted by atomic mass is 16.3. The second-order valence-electron chi connectivity index (χ2n) is 3.59. The van der Waals surface area contributed by atoms with Gasteiger partial charge in [-0.25, -0.2) is 0 Å². The Kier molecular flexibility index (Phi) is 1.84. The molecule has 0 fully saturated rings. The molecule has 1 aliphatic rings. The van der Waals surface area contributed by atoms with E-state index < -0.39 is 6.10 Å². The van der Waals surface area contributed by atoms with Crippen LogP contribution in [0.15, 0.2) is 12.2 Å². The number of hydrogen-bond acceptors (Lipinski definition) is 2. The Labute approximate surface area is 61.2 Å². The number of aliphatic hydroxyl groups is 2. The smallest absolute Gasteiger partial charge is 0.0773 e. The Morgan fingerprint density at radius 1 is 1.30 bits per heavy atom. The molecule has 0 saturated heterocycles. The number of rotatable bonds is 0. The van der Waals surface area contributed by atoms with Crippen LogP contribution in [0.5, 0.6) is 0 Å². The van der Waals surface area contributed by atoms with Gasteiger partial charge in [-0.15, -0.1) is 0 Å². The second-order valence-corrected chi connectivity index (χ2v) is 3.59. The minimum atomic E-state index is -0.407. The molecular weight excluding hydrogens is 128 g/mol. The summed E-state index contributed by atoms with van der Waals surface area (Å²) in [4.78, 5) is 0. The first kappa shape index (κ1) is 7.76. The predicted molar refractivity (Wildman–Crippen MR) is 39.6 cm³/mol. The van der Waals surface area contributed by atoms with Crippen LogP contribution in [-0.2, 0) is 0 Å². The molecule has 10 heavy (non-hydrogen) atoms. The summed E-state index contributed by atoms with van der Waals surface area (Å²) >= 11 is 0. The molecule has 0 aromatic heterocycles. The molecule has 0 saturated carbocycles. The van der Waals surface area contributed by atoms with Gasteiger partial charge in [-0.1, -0.05) is 26.0 Å². The van der Waals surface area contributed by atoms with Crippen molar-refractivity contribution in [1.29, 1.82) is 0 Å². The summed E-state index contributed by atoms with van der Waals surface area (Å²) in [5.74, 6) is 0. The summed E-state index contributed by atoms with van der Waals surface area (Å²) < 4.78 is 0. The van der Waals surface area contributed by atoms with Crippen molar-refractivity contribution >= 4 is 0 Å². The van der Waals surface area contributed by atoms with Gasteiger partial charge in [-0.05, 0) is 11.8 Å². The predicted octanol–water partition coefficient (Wildman–Crippen LogP) is 0.694. The fourth-order valence-electron chi connectivity index (χ4n) is 1.22. The maximum Gasteiger partial charge on any atom is 0.0773 e. The Morgan fingerprint density at radius 3 is 2.30 bits per heavy atom. The van der Waals surface area contributed by atoms with E-state index in [2.05, 4.69) is 0 Å². The van der Waals surface area contributed by atoms with Gasteiger partial charge in [0.1, 0.15) is 0 Å². The zero-order valence-electron chi connectivity index (χ0n) is 6.41. The summed E-state index contributed by atoms with van der Waals surface area (Å²) in [5, 5.41) is 18.5. The van der Waals surface area contributed by atoms with Crippen LogP contribution in [-0.4, -0.2) is 22.4 Å². The molecule has 0 radical (unpaired) electrons. The molecule has 2 unspecified atom stereocenters. The first-order valence-corrected chi connectivity index (χ1v) is 3.57. The Bertz CT molecular complexity index is 149. The van der Waals surface area contributed by atoms with E-state index in [1.165, 1.54) is 0 Å². The SMILES string of the molecule is CC1(C)CC(O)C=CC1O. The van der Waals surface area contributed by atoms with Crippen LogP contribution >= 0.6 is 0 Å². The molecule has 1 aliphatic carbocycles. The third-order valence-corrected chi connectivity index (χ3v) is 2.05. The van der Waals surface area contributed by atoms with Gasteiger partial charge < -0.3 is 10.2 Å². The van der Waals surface area contributed by atoms with Crippen molar-refractivity contribution < 1.29 is 10.2 Å². The Balaban J connectivity index is 2.72. The zero-order valence-corrected chi connectivity index (χ0v) is 6.41. The normalized spacial score (nSPS) is 38.0. The molecule has 0 spiro atoms. The highest BCUT2D eigenvalue weighted by Gasteiger charge is 2.31. The van der Waals surface area contributed by atoms with Crippen molar-refractivity contribution in [1.82, 2.24) is 0 Å². The minimum absolute atomic E-state index is 0.172. The van der Waals surface area contributed by atoms with E-state index >= 15 is 0 Å². The number of aliphatic hydroxyl groups excluding tert-OH is 2. The molecule has 2 heteroatoms. The van der Waals surface area contributed by atoms with Gasteiger partial charge in [-0.3, -0.25) is 0 Å². The summed E-state index contributed by atoms with van der Waals surface area (Å²) in [6.07, 6.45) is 3.17. The molecule has 2 atom stereocenters. The van der Waals surface area contributed by atoms with E-state index in [4.69, 9.17) is 5.11 Å². The van der Waals surface area contributed by atoms with Crippen LogP contribution < -0.4 is 0 Å². The van der Waals surface area contributed by atoms with Gasteiger partial charge in [0.2, 0.25) is 0 Å². The van der Waals surface area contributed by atoms with Crippen LogP contribution in [0.25, 0.3) is 0 Å². The van der Waals surface area contributed by atoms with Crippen molar-refractivity contribution in [3.05, 3.63) is 12.2 Å². The lowest BCUT2D eigenvalue weighted by Gasteiger charge is -2.33. The first-order valence-electron chi connectivity index (χ1n) is 3.57. The van der Waals surface area contributed by atoms with Gasteiger partial charge >= 0.3 is 0 Å². The lowest BCUT2D eigenvalue weighted by atomic mass is 9.77. The largest absolute Gasteiger partial charge is 0.389 e. The molecule has 0 bridgehead atoms. The second kappa shape index (κ2) is 2.36. The van der Waals surface area contributed by atoms with Crippen LogP contribution in [0.1, 0.15) is 20.3 Å². The Morgan fingerprint density at radius 2 is 1.90 bits per heavy atom. The lowest BCUT2D eigenvalue weighted by molar-refractivity contribution is 0.0365. The standard InChI is InChI=1S/C8H14O2/c1-8(2)5-6(9)3-4-7(8)10/h3-4,6-7,9-10H,5H2,1-2H3. The van der Waals surface area contributed by atoms with E-state index in [0.29, 0.717) is 6.42 Å². The molecular formula is C8H14O2. The van der Waals surface area contributed by atoms with Crippen molar-refractivity contribution in [2.75, 3.05) is 0 Å². The summed E-state index contributed by atoms with van der Waals surface area (Å²) in [7, 11) is 0. The van der Waals surface area contributed by atoms with Crippen LogP contribution in [0.4, 0.5) is 0 Å². The molecule has 1 rings (SSSR count). The van der Waals surface area contributed by atoms with Gasteiger partial charge in [-0.2, -0.15) is 0 Å². The first-order chi connectivity index (χ1) is 4.52. The van der Waals surface area contributed by atoms with E-state index in [9.17, 15) is 5.11 Å². The average Bonchev–Trinajstić information content (AvgIpc) is 1.78. The van der Waals surface area contributed by atoms with Crippen molar-refractivity contribution in [2.24, 2.45) is 5.41 Å². The van der Waals surface area contributed by atoms with E-state index in [1.807, 2.05) is 13.8 Å². The summed E-state index contributed by atoms with van der Waals surface area (Å²) in [6, 6.07) is 0. The lowest BCUT2D eigenvalue weighted by Crippen LogP contribution is -2.34. The molecule has 0 aliphatic heterocycles. The molecule has 2 N–H and O–H groups in total. The van der Waals surface area contributed by atoms with E-state index in [1.54, 1.807) is 12.2 Å². The summed E-state index contributed by atoms with van der Waals surface area (Å²) in [5.41, 5.74) is -0.172. The molecule has 0 heterocycles. The quantitative estimate of drug-likeness (QED) is 0.489. The van der Waals surface area contributed by atoms with Crippen LogP contribution in [0.3, 0.4) is 0 Å². The maximum absolute atomic E-state index is 9.36. The van der Waals surface area contributed by atoms with Crippen LogP contribution in [0.2, 0.25) is 0 Å². The van der Waals surface area contributed by atoms with Crippen molar-refractivity contribution in [3.8, 4) is 0 Å². The van der Waals surface area contributed by atoms with Crippen molar-refractivity contribution in [2.45, 2.75) is 32.5 Å². The highest BCUT2D eigenvalue weighted by molar-refractivity contribution is 5.05. The van der Waals surface area contributed by atoms with Gasteiger partial charge in [0.05, 0.1) is 12.2 Å². The topological polar surface area (TPSA) is 40.5 Å². The monoisotopic (exact) mass is 142 g/mol. The highest BCUT2D eigenvalue weighted by Crippen LogP contribution is 2.31. The average molecular weight is 142 g/mol. The molecule has 2 nitrogen and oxygen atoms in total. The van der Waals surface area contributed by atoms with E-state index in [-0.39, 0.29) is 11.5 Å². The third-order valence-electron chi connectivity index (χ3n) is 2.05. The molecule has 0 amide bonds. The third kappa shape index (κ3) is 1.39. The summed E-state index contributed by atoms with van der Waals surface area (Å²) in [6.45, 7) is 3.90. The maximum atomic E-state index is 9.36. The molecule has 0 aromatic carbocycles. The minimum Gasteiger partial charge on any atom is -0.389 e. The Hall–Kier alpha value is -0.340.